The number of carbonyl (C=O) groups excluding carboxylic acids is 2. The van der Waals surface area contributed by atoms with Gasteiger partial charge >= 0.3 is 11.9 Å². The lowest BCUT2D eigenvalue weighted by Gasteiger charge is -2.06. The fraction of sp³-hybridized carbons (Fsp3) is 0.0476. The van der Waals surface area contributed by atoms with Crippen molar-refractivity contribution in [2.45, 2.75) is 0 Å². The van der Waals surface area contributed by atoms with E-state index >= 15 is 0 Å². The third-order valence-electron chi connectivity index (χ3n) is 3.83. The molecule has 1 heterocycles. The molecule has 0 fully saturated rings. The van der Waals surface area contributed by atoms with Crippen molar-refractivity contribution in [3.63, 3.8) is 0 Å². The van der Waals surface area contributed by atoms with Crippen LogP contribution in [0.25, 0.3) is 0 Å². The minimum Gasteiger partial charge on any atom is -0.482 e. The third-order valence-corrected chi connectivity index (χ3v) is 3.83. The number of para-hydroxylation sites is 1. The first-order valence-corrected chi connectivity index (χ1v) is 8.96. The van der Waals surface area contributed by atoms with Crippen molar-refractivity contribution in [2.75, 3.05) is 6.61 Å². The van der Waals surface area contributed by atoms with Gasteiger partial charge in [-0.2, -0.15) is 10.4 Å². The number of furan rings is 1. The summed E-state index contributed by atoms with van der Waals surface area (Å²) in [5, 5.41) is 23.4. The quantitative estimate of drug-likeness (QED) is 0.186. The molecule has 0 atom stereocenters. The molecule has 1 N–H and O–H groups in total. The highest BCUT2D eigenvalue weighted by atomic mass is 16.7. The van der Waals surface area contributed by atoms with Crippen LogP contribution in [0.1, 0.15) is 21.7 Å². The molecule has 0 bridgehead atoms. The molecular formula is C21H14N4O7. The van der Waals surface area contributed by atoms with Crippen molar-refractivity contribution >= 4 is 24.0 Å². The smallest absolute Gasteiger partial charge is 0.433 e. The standard InChI is InChI=1S/C21H14N4O7/c22-11-15-3-1-2-4-17(15)30-13-19(26)24-23-12-14-5-7-16(8-6-14)31-21(27)18-9-10-20(32-18)25(28)29/h1-10,12H,13H2,(H,24,26). The SMILES string of the molecule is N#Cc1ccccc1OCC(=O)NN=Cc1ccc(OC(=O)c2ccc([N+](=O)[O-])o2)cc1. The number of nitrogens with zero attached hydrogens (tertiary/aromatic N) is 3. The summed E-state index contributed by atoms with van der Waals surface area (Å²) >= 11 is 0. The Hall–Kier alpha value is -4.98. The van der Waals surface area contributed by atoms with Gasteiger partial charge in [0, 0.05) is 0 Å². The largest absolute Gasteiger partial charge is 0.482 e. The molecule has 1 amide bonds. The number of hydrazone groups is 1. The Morgan fingerprint density at radius 3 is 2.59 bits per heavy atom. The number of hydrogen-bond donors (Lipinski definition) is 1. The van der Waals surface area contributed by atoms with Crippen LogP contribution in [0.3, 0.4) is 0 Å². The first-order chi connectivity index (χ1) is 15.5. The van der Waals surface area contributed by atoms with Crippen LogP contribution in [0.2, 0.25) is 0 Å². The zero-order chi connectivity index (χ0) is 22.9. The van der Waals surface area contributed by atoms with Crippen LogP contribution in [0.5, 0.6) is 11.5 Å². The highest BCUT2D eigenvalue weighted by Gasteiger charge is 2.19. The number of esters is 1. The number of rotatable bonds is 8. The summed E-state index contributed by atoms with van der Waals surface area (Å²) in [6.07, 6.45) is 1.36. The lowest BCUT2D eigenvalue weighted by molar-refractivity contribution is -0.402. The van der Waals surface area contributed by atoms with Gasteiger partial charge in [0.15, 0.2) is 6.61 Å². The van der Waals surface area contributed by atoms with Crippen LogP contribution in [0.4, 0.5) is 5.88 Å². The van der Waals surface area contributed by atoms with Gasteiger partial charge in [0.1, 0.15) is 22.5 Å². The molecule has 32 heavy (non-hydrogen) atoms. The normalized spacial score (nSPS) is 10.3. The van der Waals surface area contributed by atoms with Crippen LogP contribution in [-0.2, 0) is 4.79 Å². The molecule has 2 aromatic carbocycles. The van der Waals surface area contributed by atoms with Crippen molar-refractivity contribution in [3.8, 4) is 17.6 Å². The van der Waals surface area contributed by atoms with Crippen molar-refractivity contribution < 1.29 is 28.4 Å². The molecule has 0 aliphatic rings. The second-order valence-corrected chi connectivity index (χ2v) is 6.04. The number of ether oxygens (including phenoxy) is 2. The number of carbonyl (C=O) groups is 2. The first kappa shape index (κ1) is 21.7. The molecule has 0 saturated heterocycles. The molecule has 1 aromatic heterocycles. The van der Waals surface area contributed by atoms with Crippen LogP contribution >= 0.6 is 0 Å². The number of hydrogen-bond acceptors (Lipinski definition) is 9. The molecule has 0 spiro atoms. The second-order valence-electron chi connectivity index (χ2n) is 6.04. The molecule has 11 nitrogen and oxygen atoms in total. The van der Waals surface area contributed by atoms with Gasteiger partial charge < -0.3 is 13.9 Å². The monoisotopic (exact) mass is 434 g/mol. The van der Waals surface area contributed by atoms with E-state index in [1.807, 2.05) is 6.07 Å². The fourth-order valence-corrected chi connectivity index (χ4v) is 2.35. The van der Waals surface area contributed by atoms with Crippen molar-refractivity contribution in [1.29, 1.82) is 5.26 Å². The van der Waals surface area contributed by atoms with Crippen molar-refractivity contribution in [3.05, 3.63) is 87.7 Å². The summed E-state index contributed by atoms with van der Waals surface area (Å²) in [5.41, 5.74) is 3.20. The van der Waals surface area contributed by atoms with Crippen LogP contribution in [-0.4, -0.2) is 29.6 Å². The Labute approximate surface area is 180 Å². The summed E-state index contributed by atoms with van der Waals surface area (Å²) in [5.74, 6) is -1.80. The third kappa shape index (κ3) is 5.77. The Balaban J connectivity index is 1.48. The predicted molar refractivity (Wildman–Crippen MR) is 109 cm³/mol. The highest BCUT2D eigenvalue weighted by molar-refractivity contribution is 5.88. The van der Waals surface area contributed by atoms with E-state index < -0.39 is 22.7 Å². The van der Waals surface area contributed by atoms with Gasteiger partial charge in [0.05, 0.1) is 17.8 Å². The predicted octanol–water partition coefficient (Wildman–Crippen LogP) is 2.81. The average molecular weight is 434 g/mol. The molecule has 0 aliphatic carbocycles. The number of amides is 1. The molecule has 0 radical (unpaired) electrons. The van der Waals surface area contributed by atoms with Crippen molar-refractivity contribution in [2.24, 2.45) is 5.10 Å². The minimum absolute atomic E-state index is 0.180. The van der Waals surface area contributed by atoms with Gasteiger partial charge in [-0.15, -0.1) is 0 Å². The van der Waals surface area contributed by atoms with Crippen molar-refractivity contribution in [1.82, 2.24) is 5.43 Å². The Kier molecular flexibility index (Phi) is 6.90. The minimum atomic E-state index is -0.884. The van der Waals surface area contributed by atoms with E-state index in [4.69, 9.17) is 19.2 Å². The second kappa shape index (κ2) is 10.2. The summed E-state index contributed by atoms with van der Waals surface area (Å²) in [4.78, 5) is 33.6. The summed E-state index contributed by atoms with van der Waals surface area (Å²) in [7, 11) is 0. The maximum Gasteiger partial charge on any atom is 0.433 e. The lowest BCUT2D eigenvalue weighted by Crippen LogP contribution is -2.24. The van der Waals surface area contributed by atoms with Gasteiger partial charge in [-0.3, -0.25) is 14.9 Å². The number of nitrogens with one attached hydrogen (secondary N) is 1. The van der Waals surface area contributed by atoms with Crippen LogP contribution < -0.4 is 14.9 Å². The molecule has 160 valence electrons. The van der Waals surface area contributed by atoms with E-state index in [0.717, 1.165) is 12.1 Å². The van der Waals surface area contributed by atoms with Crippen LogP contribution in [0.15, 0.2) is 70.2 Å². The summed E-state index contributed by atoms with van der Waals surface area (Å²) < 4.78 is 15.1. The van der Waals surface area contributed by atoms with Gasteiger partial charge in [-0.25, -0.2) is 10.2 Å². The van der Waals surface area contributed by atoms with Gasteiger partial charge in [-0.1, -0.05) is 12.1 Å². The maximum atomic E-state index is 11.9. The first-order valence-electron chi connectivity index (χ1n) is 8.96. The number of nitro groups is 1. The van der Waals surface area contributed by atoms with E-state index in [0.29, 0.717) is 16.9 Å². The lowest BCUT2D eigenvalue weighted by atomic mass is 10.2. The van der Waals surface area contributed by atoms with Gasteiger partial charge in [-0.05, 0) is 48.0 Å². The molecule has 11 heteroatoms. The molecule has 0 unspecified atom stereocenters. The molecule has 3 aromatic rings. The molecular weight excluding hydrogens is 420 g/mol. The fourth-order valence-electron chi connectivity index (χ4n) is 2.35. The Morgan fingerprint density at radius 1 is 1.16 bits per heavy atom. The van der Waals surface area contributed by atoms with E-state index in [-0.39, 0.29) is 18.1 Å². The van der Waals surface area contributed by atoms with Gasteiger partial charge in [0.25, 0.3) is 5.91 Å². The highest BCUT2D eigenvalue weighted by Crippen LogP contribution is 2.19. The van der Waals surface area contributed by atoms with E-state index in [1.54, 1.807) is 36.4 Å². The Bertz CT molecular complexity index is 1210. The number of benzene rings is 2. The average Bonchev–Trinajstić information content (AvgIpc) is 3.30. The van der Waals surface area contributed by atoms with E-state index in [9.17, 15) is 19.7 Å². The number of nitriles is 1. The Morgan fingerprint density at radius 2 is 1.91 bits per heavy atom. The zero-order valence-corrected chi connectivity index (χ0v) is 16.3. The zero-order valence-electron chi connectivity index (χ0n) is 16.3. The summed E-state index contributed by atoms with van der Waals surface area (Å²) in [6.45, 7) is -0.324. The summed E-state index contributed by atoms with van der Waals surface area (Å²) in [6, 6.07) is 16.8. The van der Waals surface area contributed by atoms with E-state index in [2.05, 4.69) is 10.5 Å². The van der Waals surface area contributed by atoms with E-state index in [1.165, 1.54) is 18.3 Å². The molecule has 0 saturated carbocycles. The maximum absolute atomic E-state index is 11.9. The molecule has 3 rings (SSSR count). The topological polar surface area (TPSA) is 157 Å². The van der Waals surface area contributed by atoms with Crippen LogP contribution in [0, 0.1) is 21.4 Å². The van der Waals surface area contributed by atoms with Gasteiger partial charge in [0.2, 0.25) is 5.76 Å². The molecule has 0 aliphatic heterocycles.